The third kappa shape index (κ3) is 3.30. The van der Waals surface area contributed by atoms with Gasteiger partial charge in [0.15, 0.2) is 0 Å². The van der Waals surface area contributed by atoms with Crippen LogP contribution >= 0.6 is 11.9 Å². The number of rotatable bonds is 4. The maximum absolute atomic E-state index is 3.58. The highest BCUT2D eigenvalue weighted by Gasteiger charge is 1.84. The molecule has 1 N–H and O–H groups in total. The molecular formula is C10H11NS. The summed E-state index contributed by atoms with van der Waals surface area (Å²) >= 11 is 1.53. The molecule has 0 heterocycles. The molecule has 0 aliphatic carbocycles. The molecule has 1 aromatic carbocycles. The number of anilines is 1. The number of allylic oxidation sites excluding steroid dienone is 2. The van der Waals surface area contributed by atoms with Gasteiger partial charge in [-0.05, 0) is 29.5 Å². The summed E-state index contributed by atoms with van der Waals surface area (Å²) in [6.07, 6.45) is 3.64. The lowest BCUT2D eigenvalue weighted by molar-refractivity contribution is 1.69. The van der Waals surface area contributed by atoms with Crippen LogP contribution < -0.4 is 4.72 Å². The summed E-state index contributed by atoms with van der Waals surface area (Å²) in [4.78, 5) is 0. The molecule has 0 aromatic heterocycles. The lowest BCUT2D eigenvalue weighted by Crippen LogP contribution is -1.81. The molecule has 0 bridgehead atoms. The normalized spacial score (nSPS) is 10.0. The number of nitrogens with one attached hydrogen (secondary N) is 1. The summed E-state index contributed by atoms with van der Waals surface area (Å²) in [5.74, 6) is 0. The van der Waals surface area contributed by atoms with E-state index in [0.29, 0.717) is 0 Å². The molecule has 62 valence electrons. The van der Waals surface area contributed by atoms with E-state index < -0.39 is 0 Å². The van der Waals surface area contributed by atoms with Gasteiger partial charge in [0.25, 0.3) is 0 Å². The average Bonchev–Trinajstić information content (AvgIpc) is 2.14. The first-order valence-electron chi connectivity index (χ1n) is 3.68. The Labute approximate surface area is 77.3 Å². The smallest absolute Gasteiger partial charge is 0.0442 e. The highest BCUT2D eigenvalue weighted by Crippen LogP contribution is 2.11. The van der Waals surface area contributed by atoms with Gasteiger partial charge < -0.3 is 4.72 Å². The summed E-state index contributed by atoms with van der Waals surface area (Å²) in [7, 11) is 0. The Hall–Kier alpha value is -1.15. The van der Waals surface area contributed by atoms with Crippen LogP contribution in [0.1, 0.15) is 0 Å². The van der Waals surface area contributed by atoms with Crippen LogP contribution in [0, 0.1) is 0 Å². The van der Waals surface area contributed by atoms with E-state index in [2.05, 4.69) is 11.3 Å². The van der Waals surface area contributed by atoms with Crippen LogP contribution in [0.4, 0.5) is 5.69 Å². The molecule has 0 spiro atoms. The van der Waals surface area contributed by atoms with Crippen molar-refractivity contribution in [1.82, 2.24) is 0 Å². The summed E-state index contributed by atoms with van der Waals surface area (Å²) in [5.41, 5.74) is 1.11. The largest absolute Gasteiger partial charge is 0.326 e. The van der Waals surface area contributed by atoms with Crippen LogP contribution in [0.2, 0.25) is 0 Å². The fourth-order valence-electron chi connectivity index (χ4n) is 0.703. The van der Waals surface area contributed by atoms with E-state index in [1.54, 1.807) is 6.08 Å². The molecular weight excluding hydrogens is 166 g/mol. The Morgan fingerprint density at radius 1 is 1.25 bits per heavy atom. The predicted octanol–water partition coefficient (Wildman–Crippen LogP) is 3.45. The lowest BCUT2D eigenvalue weighted by Gasteiger charge is -1.99. The average molecular weight is 177 g/mol. The zero-order valence-electron chi connectivity index (χ0n) is 6.73. The molecule has 0 radical (unpaired) electrons. The number of benzene rings is 1. The highest BCUT2D eigenvalue weighted by molar-refractivity contribution is 8.03. The van der Waals surface area contributed by atoms with Crippen molar-refractivity contribution in [2.75, 3.05) is 4.72 Å². The van der Waals surface area contributed by atoms with E-state index in [0.717, 1.165) is 5.69 Å². The Kier molecular flexibility index (Phi) is 4.09. The van der Waals surface area contributed by atoms with E-state index >= 15 is 0 Å². The maximum atomic E-state index is 3.58. The minimum atomic E-state index is 1.11. The van der Waals surface area contributed by atoms with Gasteiger partial charge in [-0.15, -0.1) is 0 Å². The minimum absolute atomic E-state index is 1.11. The van der Waals surface area contributed by atoms with Crippen molar-refractivity contribution in [2.45, 2.75) is 0 Å². The molecule has 0 aliphatic heterocycles. The molecule has 1 aromatic rings. The van der Waals surface area contributed by atoms with Gasteiger partial charge in [0.1, 0.15) is 0 Å². The van der Waals surface area contributed by atoms with E-state index in [9.17, 15) is 0 Å². The molecule has 0 saturated carbocycles. The standard InChI is InChI=1S/C10H11NS/c1-2-3-9-12-11-10-7-5-4-6-8-10/h2-9,11H,1H2/b9-3-. The van der Waals surface area contributed by atoms with Crippen LogP contribution in [0.3, 0.4) is 0 Å². The minimum Gasteiger partial charge on any atom is -0.326 e. The van der Waals surface area contributed by atoms with Crippen LogP contribution in [0.5, 0.6) is 0 Å². The second kappa shape index (κ2) is 5.49. The first-order chi connectivity index (χ1) is 5.93. The molecule has 0 unspecified atom stereocenters. The fourth-order valence-corrected chi connectivity index (χ4v) is 1.23. The molecule has 1 nitrogen and oxygen atoms in total. The third-order valence-corrected chi connectivity index (χ3v) is 1.88. The third-order valence-electron chi connectivity index (χ3n) is 1.23. The van der Waals surface area contributed by atoms with Crippen LogP contribution in [-0.4, -0.2) is 0 Å². The van der Waals surface area contributed by atoms with Crippen molar-refractivity contribution in [2.24, 2.45) is 0 Å². The number of para-hydroxylation sites is 1. The van der Waals surface area contributed by atoms with E-state index in [1.165, 1.54) is 11.9 Å². The van der Waals surface area contributed by atoms with Crippen LogP contribution in [0.15, 0.2) is 54.5 Å². The van der Waals surface area contributed by atoms with Gasteiger partial charge >= 0.3 is 0 Å². The van der Waals surface area contributed by atoms with Crippen molar-refractivity contribution in [1.29, 1.82) is 0 Å². The lowest BCUT2D eigenvalue weighted by atomic mass is 10.3. The summed E-state index contributed by atoms with van der Waals surface area (Å²) in [6.45, 7) is 3.58. The van der Waals surface area contributed by atoms with Crippen molar-refractivity contribution in [3.8, 4) is 0 Å². The fraction of sp³-hybridized carbons (Fsp3) is 0. The van der Waals surface area contributed by atoms with Gasteiger partial charge in [0.05, 0.1) is 0 Å². The second-order valence-electron chi connectivity index (χ2n) is 2.15. The quantitative estimate of drug-likeness (QED) is 0.558. The first-order valence-corrected chi connectivity index (χ1v) is 4.56. The Morgan fingerprint density at radius 3 is 2.67 bits per heavy atom. The molecule has 0 amide bonds. The van der Waals surface area contributed by atoms with Gasteiger partial charge in [0, 0.05) is 5.69 Å². The maximum Gasteiger partial charge on any atom is 0.0442 e. The Balaban J connectivity index is 2.33. The predicted molar refractivity (Wildman–Crippen MR) is 57.0 cm³/mol. The SMILES string of the molecule is C=C/C=C\SNc1ccccc1. The molecule has 2 heteroatoms. The van der Waals surface area contributed by atoms with Crippen molar-refractivity contribution < 1.29 is 0 Å². The van der Waals surface area contributed by atoms with Crippen molar-refractivity contribution >= 4 is 17.6 Å². The van der Waals surface area contributed by atoms with Crippen molar-refractivity contribution in [3.05, 3.63) is 54.5 Å². The van der Waals surface area contributed by atoms with Crippen LogP contribution in [-0.2, 0) is 0 Å². The monoisotopic (exact) mass is 177 g/mol. The molecule has 0 fully saturated rings. The number of hydrogen-bond donors (Lipinski definition) is 1. The molecule has 0 atom stereocenters. The van der Waals surface area contributed by atoms with Gasteiger partial charge in [0.2, 0.25) is 0 Å². The Morgan fingerprint density at radius 2 is 2.00 bits per heavy atom. The summed E-state index contributed by atoms with van der Waals surface area (Å²) in [6, 6.07) is 10.0. The van der Waals surface area contributed by atoms with Gasteiger partial charge in [-0.1, -0.05) is 36.9 Å². The van der Waals surface area contributed by atoms with Gasteiger partial charge in [-0.25, -0.2) is 0 Å². The Bertz CT molecular complexity index is 254. The number of hydrogen-bond acceptors (Lipinski definition) is 2. The van der Waals surface area contributed by atoms with Crippen LogP contribution in [0.25, 0.3) is 0 Å². The van der Waals surface area contributed by atoms with E-state index in [1.807, 2.05) is 41.8 Å². The molecule has 12 heavy (non-hydrogen) atoms. The topological polar surface area (TPSA) is 12.0 Å². The van der Waals surface area contributed by atoms with Gasteiger partial charge in [-0.2, -0.15) is 0 Å². The van der Waals surface area contributed by atoms with E-state index in [-0.39, 0.29) is 0 Å². The molecule has 1 rings (SSSR count). The zero-order chi connectivity index (χ0) is 8.65. The summed E-state index contributed by atoms with van der Waals surface area (Å²) < 4.78 is 3.16. The zero-order valence-corrected chi connectivity index (χ0v) is 7.55. The van der Waals surface area contributed by atoms with E-state index in [4.69, 9.17) is 0 Å². The second-order valence-corrected chi connectivity index (χ2v) is 2.86. The highest BCUT2D eigenvalue weighted by atomic mass is 32.2. The summed E-state index contributed by atoms with van der Waals surface area (Å²) in [5, 5.41) is 1.94. The molecule has 0 aliphatic rings. The first kappa shape index (κ1) is 8.94. The van der Waals surface area contributed by atoms with Crippen molar-refractivity contribution in [3.63, 3.8) is 0 Å². The molecule has 0 saturated heterocycles. The van der Waals surface area contributed by atoms with Gasteiger partial charge in [-0.3, -0.25) is 0 Å².